The first-order valence-electron chi connectivity index (χ1n) is 5.79. The minimum Gasteiger partial charge on any atom is -0.476 e. The molecule has 0 fully saturated rings. The second-order valence-corrected chi connectivity index (χ2v) is 5.37. The van der Waals surface area contributed by atoms with Crippen LogP contribution in [0.1, 0.15) is 22.6 Å². The zero-order valence-electron chi connectivity index (χ0n) is 9.67. The molecule has 0 saturated heterocycles. The fourth-order valence-electron chi connectivity index (χ4n) is 2.35. The molecule has 3 N–H and O–H groups in total. The van der Waals surface area contributed by atoms with Crippen LogP contribution in [0.2, 0.25) is 0 Å². The molecule has 6 heteroatoms. The van der Waals surface area contributed by atoms with Gasteiger partial charge in [-0.3, -0.25) is 0 Å². The van der Waals surface area contributed by atoms with E-state index < -0.39 is 5.97 Å². The van der Waals surface area contributed by atoms with Crippen molar-refractivity contribution in [3.05, 3.63) is 28.9 Å². The Morgan fingerprint density at radius 2 is 2.44 bits per heavy atom. The van der Waals surface area contributed by atoms with Crippen LogP contribution in [-0.2, 0) is 13.0 Å². The van der Waals surface area contributed by atoms with E-state index in [0.29, 0.717) is 13.0 Å². The number of imidazole rings is 1. The lowest BCUT2D eigenvalue weighted by Gasteiger charge is -2.22. The number of aromatic nitrogens is 2. The van der Waals surface area contributed by atoms with Gasteiger partial charge in [0.1, 0.15) is 0 Å². The van der Waals surface area contributed by atoms with Crippen LogP contribution in [0.4, 0.5) is 0 Å². The third-order valence-electron chi connectivity index (χ3n) is 3.19. The van der Waals surface area contributed by atoms with Crippen molar-refractivity contribution in [2.75, 3.05) is 0 Å². The summed E-state index contributed by atoms with van der Waals surface area (Å²) >= 11 is 1.56. The summed E-state index contributed by atoms with van der Waals surface area (Å²) in [5.41, 5.74) is 6.93. The average Bonchev–Trinajstić information content (AvgIpc) is 2.93. The van der Waals surface area contributed by atoms with E-state index in [2.05, 4.69) is 4.98 Å². The van der Waals surface area contributed by atoms with Gasteiger partial charge in [-0.2, -0.15) is 0 Å². The van der Waals surface area contributed by atoms with Crippen LogP contribution in [0.25, 0.3) is 10.7 Å². The largest absolute Gasteiger partial charge is 0.476 e. The second-order valence-electron chi connectivity index (χ2n) is 4.42. The lowest BCUT2D eigenvalue weighted by molar-refractivity contribution is 0.0689. The smallest absolute Gasteiger partial charge is 0.356 e. The highest BCUT2D eigenvalue weighted by Crippen LogP contribution is 2.29. The van der Waals surface area contributed by atoms with Crippen molar-refractivity contribution in [1.29, 1.82) is 0 Å². The van der Waals surface area contributed by atoms with Crippen molar-refractivity contribution in [1.82, 2.24) is 9.55 Å². The fourth-order valence-corrected chi connectivity index (χ4v) is 3.07. The van der Waals surface area contributed by atoms with Crippen molar-refractivity contribution in [3.8, 4) is 10.7 Å². The molecule has 2 aromatic heterocycles. The molecule has 18 heavy (non-hydrogen) atoms. The van der Waals surface area contributed by atoms with Gasteiger partial charge in [-0.1, -0.05) is 6.07 Å². The Labute approximate surface area is 108 Å². The molecular weight excluding hydrogens is 250 g/mol. The number of carbonyl (C=O) groups is 1. The molecule has 1 unspecified atom stereocenters. The first-order chi connectivity index (χ1) is 8.66. The Hall–Kier alpha value is -1.66. The third-order valence-corrected chi connectivity index (χ3v) is 4.05. The van der Waals surface area contributed by atoms with Gasteiger partial charge in [0.15, 0.2) is 11.5 Å². The number of carboxylic acids is 1. The van der Waals surface area contributed by atoms with Gasteiger partial charge in [-0.05, 0) is 24.3 Å². The minimum absolute atomic E-state index is 0.0760. The summed E-state index contributed by atoms with van der Waals surface area (Å²) in [6.45, 7) is 0.642. The summed E-state index contributed by atoms with van der Waals surface area (Å²) < 4.78 is 1.96. The molecule has 0 radical (unpaired) electrons. The molecule has 1 aliphatic rings. The summed E-state index contributed by atoms with van der Waals surface area (Å²) in [6, 6.07) is 3.96. The van der Waals surface area contributed by atoms with Crippen molar-refractivity contribution >= 4 is 17.3 Å². The minimum atomic E-state index is -0.961. The van der Waals surface area contributed by atoms with Crippen molar-refractivity contribution < 1.29 is 9.90 Å². The quantitative estimate of drug-likeness (QED) is 0.862. The van der Waals surface area contributed by atoms with Crippen LogP contribution in [0, 0.1) is 0 Å². The first kappa shape index (κ1) is 11.4. The Morgan fingerprint density at radius 3 is 3.11 bits per heavy atom. The second kappa shape index (κ2) is 4.22. The van der Waals surface area contributed by atoms with E-state index in [9.17, 15) is 9.90 Å². The predicted octanol–water partition coefficient (Wildman–Crippen LogP) is 1.58. The predicted molar refractivity (Wildman–Crippen MR) is 68.8 cm³/mol. The van der Waals surface area contributed by atoms with Crippen LogP contribution >= 0.6 is 11.3 Å². The van der Waals surface area contributed by atoms with Gasteiger partial charge < -0.3 is 15.4 Å². The number of nitrogens with two attached hydrogens (primary N) is 1. The molecule has 1 aliphatic heterocycles. The molecule has 94 valence electrons. The molecule has 1 atom stereocenters. The van der Waals surface area contributed by atoms with Gasteiger partial charge in [0.05, 0.1) is 10.6 Å². The normalized spacial score (nSPS) is 18.6. The number of carboxylic acid groups (broad SMARTS) is 1. The van der Waals surface area contributed by atoms with Crippen LogP contribution in [-0.4, -0.2) is 26.7 Å². The SMILES string of the molecule is NC1CCc2c(C(=O)O)nc(-c3cccs3)n2C1. The number of rotatable bonds is 2. The lowest BCUT2D eigenvalue weighted by Crippen LogP contribution is -2.32. The average molecular weight is 263 g/mol. The summed E-state index contributed by atoms with van der Waals surface area (Å²) in [7, 11) is 0. The highest BCUT2D eigenvalue weighted by atomic mass is 32.1. The molecule has 0 spiro atoms. The highest BCUT2D eigenvalue weighted by Gasteiger charge is 2.27. The van der Waals surface area contributed by atoms with Gasteiger partial charge in [0.25, 0.3) is 0 Å². The summed E-state index contributed by atoms with van der Waals surface area (Å²) in [5, 5.41) is 11.2. The molecule has 2 aromatic rings. The maximum atomic E-state index is 11.2. The summed E-state index contributed by atoms with van der Waals surface area (Å²) in [5.74, 6) is -0.232. The Balaban J connectivity index is 2.18. The maximum absolute atomic E-state index is 11.2. The molecule has 3 rings (SSSR count). The van der Waals surface area contributed by atoms with Gasteiger partial charge >= 0.3 is 5.97 Å². The summed E-state index contributed by atoms with van der Waals surface area (Å²) in [6.07, 6.45) is 1.50. The standard InChI is InChI=1S/C12H13N3O2S/c13-7-3-4-8-10(12(16)17)14-11(15(8)6-7)9-2-1-5-18-9/h1-2,5,7H,3-4,6,13H2,(H,16,17). The van der Waals surface area contributed by atoms with Crippen LogP contribution in [0.5, 0.6) is 0 Å². The molecule has 0 aromatic carbocycles. The van der Waals surface area contributed by atoms with Gasteiger partial charge in [0, 0.05) is 12.6 Å². The van der Waals surface area contributed by atoms with Crippen molar-refractivity contribution in [2.24, 2.45) is 5.73 Å². The van der Waals surface area contributed by atoms with Gasteiger partial charge in [0.2, 0.25) is 0 Å². The van der Waals surface area contributed by atoms with Gasteiger partial charge in [-0.25, -0.2) is 9.78 Å². The van der Waals surface area contributed by atoms with Crippen LogP contribution in [0.3, 0.4) is 0 Å². The van der Waals surface area contributed by atoms with Gasteiger partial charge in [-0.15, -0.1) is 11.3 Å². The number of fused-ring (bicyclic) bond motifs is 1. The maximum Gasteiger partial charge on any atom is 0.356 e. The third kappa shape index (κ3) is 1.74. The number of aromatic carboxylic acids is 1. The zero-order chi connectivity index (χ0) is 12.7. The monoisotopic (exact) mass is 263 g/mol. The van der Waals surface area contributed by atoms with Crippen LogP contribution in [0.15, 0.2) is 17.5 Å². The lowest BCUT2D eigenvalue weighted by atomic mass is 10.0. The molecule has 5 nitrogen and oxygen atoms in total. The van der Waals surface area contributed by atoms with E-state index in [-0.39, 0.29) is 11.7 Å². The number of hydrogen-bond donors (Lipinski definition) is 2. The Bertz CT molecular complexity index is 589. The highest BCUT2D eigenvalue weighted by molar-refractivity contribution is 7.13. The fraction of sp³-hybridized carbons (Fsp3) is 0.333. The number of thiophene rings is 1. The van der Waals surface area contributed by atoms with E-state index in [1.165, 1.54) is 0 Å². The van der Waals surface area contributed by atoms with E-state index in [4.69, 9.17) is 5.73 Å². The van der Waals surface area contributed by atoms with E-state index in [1.807, 2.05) is 22.1 Å². The van der Waals surface area contributed by atoms with Crippen molar-refractivity contribution in [3.63, 3.8) is 0 Å². The molecule has 0 saturated carbocycles. The van der Waals surface area contributed by atoms with E-state index >= 15 is 0 Å². The number of nitrogens with zero attached hydrogens (tertiary/aromatic N) is 2. The van der Waals surface area contributed by atoms with Crippen molar-refractivity contribution in [2.45, 2.75) is 25.4 Å². The number of hydrogen-bond acceptors (Lipinski definition) is 4. The topological polar surface area (TPSA) is 81.1 Å². The van der Waals surface area contributed by atoms with E-state index in [1.54, 1.807) is 11.3 Å². The van der Waals surface area contributed by atoms with Crippen LogP contribution < -0.4 is 5.73 Å². The Kier molecular flexibility index (Phi) is 2.68. The molecule has 0 aliphatic carbocycles. The molecule has 3 heterocycles. The molecular formula is C12H13N3O2S. The molecule has 0 bridgehead atoms. The molecule has 0 amide bonds. The Morgan fingerprint density at radius 1 is 1.61 bits per heavy atom. The first-order valence-corrected chi connectivity index (χ1v) is 6.67. The zero-order valence-corrected chi connectivity index (χ0v) is 10.5. The van der Waals surface area contributed by atoms with E-state index in [0.717, 1.165) is 22.8 Å². The summed E-state index contributed by atoms with van der Waals surface area (Å²) in [4.78, 5) is 16.5.